The Morgan fingerprint density at radius 3 is 2.29 bits per heavy atom. The van der Waals surface area contributed by atoms with Crippen LogP contribution in [0, 0.1) is 0 Å². The van der Waals surface area contributed by atoms with E-state index in [1.807, 2.05) is 6.07 Å². The number of hydrogen-bond donors (Lipinski definition) is 1. The summed E-state index contributed by atoms with van der Waals surface area (Å²) in [5.74, 6) is 0. The zero-order valence-corrected chi connectivity index (χ0v) is 20.6. The van der Waals surface area contributed by atoms with Crippen molar-refractivity contribution in [3.8, 4) is 11.1 Å². The van der Waals surface area contributed by atoms with Crippen LogP contribution in [-0.4, -0.2) is 0 Å². The van der Waals surface area contributed by atoms with E-state index in [0.29, 0.717) is 0 Å². The molecule has 1 aromatic heterocycles. The molecule has 3 nitrogen and oxygen atoms in total. The molecule has 1 unspecified atom stereocenters. The highest BCUT2D eigenvalue weighted by molar-refractivity contribution is 6.18. The summed E-state index contributed by atoms with van der Waals surface area (Å²) in [6, 6.07) is 47.2. The lowest BCUT2D eigenvalue weighted by atomic mass is 9.94. The van der Waals surface area contributed by atoms with E-state index >= 15 is 0 Å². The van der Waals surface area contributed by atoms with Crippen LogP contribution < -0.4 is 10.2 Å². The Balaban J connectivity index is 1.37. The van der Waals surface area contributed by atoms with Crippen LogP contribution in [0.15, 0.2) is 138 Å². The summed E-state index contributed by atoms with van der Waals surface area (Å²) in [6.07, 6.45) is 0.00240. The van der Waals surface area contributed by atoms with Gasteiger partial charge >= 0.3 is 0 Å². The molecule has 0 saturated carbocycles. The van der Waals surface area contributed by atoms with Gasteiger partial charge in [-0.05, 0) is 58.3 Å². The van der Waals surface area contributed by atoms with Crippen molar-refractivity contribution in [2.24, 2.45) is 0 Å². The Labute approximate surface area is 220 Å². The average molecular weight is 489 g/mol. The second kappa shape index (κ2) is 8.25. The standard InChI is InChI=1S/C35H24N2O/c1-2-11-23(12-3-1)35-36-30-18-7-8-19-31(30)37(35)26-15-10-14-25(21-26)33-27-16-5-4-13-24(27)22-29-28-17-6-9-20-32(28)38-34(29)33/h1-22,35-36H. The van der Waals surface area contributed by atoms with Gasteiger partial charge in [-0.2, -0.15) is 0 Å². The molecule has 0 saturated heterocycles. The van der Waals surface area contributed by atoms with Crippen LogP contribution in [0.1, 0.15) is 11.7 Å². The zero-order valence-electron chi connectivity index (χ0n) is 20.6. The third-order valence-electron chi connectivity index (χ3n) is 7.63. The van der Waals surface area contributed by atoms with Crippen LogP contribution in [-0.2, 0) is 0 Å². The molecule has 0 amide bonds. The van der Waals surface area contributed by atoms with Crippen LogP contribution >= 0.6 is 0 Å². The van der Waals surface area contributed by atoms with E-state index in [-0.39, 0.29) is 6.17 Å². The SMILES string of the molecule is c1ccc(C2Nc3ccccc3N2c2cccc(-c3c4ccccc4cc4c3oc3ccccc34)c2)cc1. The monoisotopic (exact) mass is 488 g/mol. The van der Waals surface area contributed by atoms with Crippen LogP contribution in [0.5, 0.6) is 0 Å². The van der Waals surface area contributed by atoms with Gasteiger partial charge in [0.1, 0.15) is 17.3 Å². The lowest BCUT2D eigenvalue weighted by molar-refractivity contribution is 0.670. The molecule has 0 fully saturated rings. The highest BCUT2D eigenvalue weighted by Crippen LogP contribution is 2.47. The highest BCUT2D eigenvalue weighted by atomic mass is 16.3. The molecule has 1 aliphatic heterocycles. The van der Waals surface area contributed by atoms with E-state index in [1.54, 1.807) is 0 Å². The number of nitrogens with one attached hydrogen (secondary N) is 1. The van der Waals surface area contributed by atoms with Gasteiger partial charge in [0.05, 0.1) is 11.4 Å². The maximum atomic E-state index is 6.53. The lowest BCUT2D eigenvalue weighted by Crippen LogP contribution is -2.23. The molecule has 1 N–H and O–H groups in total. The van der Waals surface area contributed by atoms with Crippen molar-refractivity contribution in [1.82, 2.24) is 0 Å². The van der Waals surface area contributed by atoms with E-state index in [9.17, 15) is 0 Å². The molecule has 7 aromatic rings. The molecular formula is C35H24N2O. The molecule has 8 rings (SSSR count). The fraction of sp³-hybridized carbons (Fsp3) is 0.0286. The van der Waals surface area contributed by atoms with Gasteiger partial charge in [0, 0.05) is 22.0 Å². The quantitative estimate of drug-likeness (QED) is 0.268. The average Bonchev–Trinajstić information content (AvgIpc) is 3.55. The van der Waals surface area contributed by atoms with Crippen molar-refractivity contribution in [2.45, 2.75) is 6.17 Å². The van der Waals surface area contributed by atoms with Crippen LogP contribution in [0.2, 0.25) is 0 Å². The van der Waals surface area contributed by atoms with Gasteiger partial charge in [-0.15, -0.1) is 0 Å². The van der Waals surface area contributed by atoms with E-state index in [0.717, 1.165) is 44.4 Å². The first-order chi connectivity index (χ1) is 18.8. The van der Waals surface area contributed by atoms with Gasteiger partial charge in [0.15, 0.2) is 0 Å². The second-order valence-electron chi connectivity index (χ2n) is 9.84. The topological polar surface area (TPSA) is 28.4 Å². The largest absolute Gasteiger partial charge is 0.455 e. The number of benzene rings is 6. The summed E-state index contributed by atoms with van der Waals surface area (Å²) >= 11 is 0. The van der Waals surface area contributed by atoms with Crippen molar-refractivity contribution in [3.63, 3.8) is 0 Å². The summed E-state index contributed by atoms with van der Waals surface area (Å²) in [7, 11) is 0. The minimum absolute atomic E-state index is 0.00240. The normalized spacial score (nSPS) is 14.7. The first kappa shape index (κ1) is 21.1. The zero-order chi connectivity index (χ0) is 25.1. The van der Waals surface area contributed by atoms with Crippen molar-refractivity contribution >= 4 is 49.8 Å². The van der Waals surface area contributed by atoms with E-state index in [1.165, 1.54) is 22.0 Å². The summed E-state index contributed by atoms with van der Waals surface area (Å²) in [5, 5.41) is 8.44. The molecular weight excluding hydrogens is 464 g/mol. The fourth-order valence-electron chi connectivity index (χ4n) is 5.93. The van der Waals surface area contributed by atoms with Crippen molar-refractivity contribution in [1.29, 1.82) is 0 Å². The Kier molecular flexibility index (Phi) is 4.58. The summed E-state index contributed by atoms with van der Waals surface area (Å²) in [4.78, 5) is 2.40. The third kappa shape index (κ3) is 3.15. The van der Waals surface area contributed by atoms with Gasteiger partial charge in [-0.3, -0.25) is 0 Å². The fourth-order valence-corrected chi connectivity index (χ4v) is 5.93. The number of anilines is 3. The van der Waals surface area contributed by atoms with E-state index in [4.69, 9.17) is 4.42 Å². The smallest absolute Gasteiger partial charge is 0.143 e. The molecule has 1 aliphatic rings. The summed E-state index contributed by atoms with van der Waals surface area (Å²) in [6.45, 7) is 0. The number of nitrogens with zero attached hydrogens (tertiary/aromatic N) is 1. The number of fused-ring (bicyclic) bond motifs is 5. The summed E-state index contributed by atoms with van der Waals surface area (Å²) < 4.78 is 6.53. The van der Waals surface area contributed by atoms with Crippen LogP contribution in [0.25, 0.3) is 43.8 Å². The van der Waals surface area contributed by atoms with Gasteiger partial charge in [0.25, 0.3) is 0 Å². The molecule has 38 heavy (non-hydrogen) atoms. The van der Waals surface area contributed by atoms with Crippen molar-refractivity contribution < 1.29 is 4.42 Å². The number of furan rings is 1. The maximum absolute atomic E-state index is 6.53. The van der Waals surface area contributed by atoms with Crippen molar-refractivity contribution in [3.05, 3.63) is 139 Å². The second-order valence-corrected chi connectivity index (χ2v) is 9.84. The molecule has 2 heterocycles. The highest BCUT2D eigenvalue weighted by Gasteiger charge is 2.31. The lowest BCUT2D eigenvalue weighted by Gasteiger charge is -2.28. The van der Waals surface area contributed by atoms with Gasteiger partial charge < -0.3 is 14.6 Å². The van der Waals surface area contributed by atoms with Crippen LogP contribution in [0.4, 0.5) is 17.1 Å². The first-order valence-electron chi connectivity index (χ1n) is 13.0. The molecule has 0 spiro atoms. The number of para-hydroxylation sites is 3. The molecule has 0 radical (unpaired) electrons. The minimum atomic E-state index is 0.00240. The first-order valence-corrected chi connectivity index (χ1v) is 13.0. The van der Waals surface area contributed by atoms with Gasteiger partial charge in [0.2, 0.25) is 0 Å². The number of rotatable bonds is 3. The number of hydrogen-bond acceptors (Lipinski definition) is 3. The van der Waals surface area contributed by atoms with Gasteiger partial charge in [-0.1, -0.05) is 97.1 Å². The van der Waals surface area contributed by atoms with Crippen LogP contribution in [0.3, 0.4) is 0 Å². The van der Waals surface area contributed by atoms with Gasteiger partial charge in [-0.25, -0.2) is 0 Å². The maximum Gasteiger partial charge on any atom is 0.143 e. The molecule has 3 heteroatoms. The molecule has 0 aliphatic carbocycles. The minimum Gasteiger partial charge on any atom is -0.455 e. The molecule has 6 aromatic carbocycles. The Morgan fingerprint density at radius 2 is 1.37 bits per heavy atom. The Hall–Kier alpha value is -5.02. The predicted molar refractivity (Wildman–Crippen MR) is 158 cm³/mol. The Bertz CT molecular complexity index is 1970. The molecule has 1 atom stereocenters. The summed E-state index contributed by atoms with van der Waals surface area (Å²) in [5.41, 5.74) is 8.78. The van der Waals surface area contributed by atoms with E-state index in [2.05, 4.69) is 138 Å². The molecule has 180 valence electrons. The Morgan fingerprint density at radius 1 is 0.605 bits per heavy atom. The predicted octanol–water partition coefficient (Wildman–Crippen LogP) is 9.67. The third-order valence-corrected chi connectivity index (χ3v) is 7.63. The van der Waals surface area contributed by atoms with E-state index < -0.39 is 0 Å². The van der Waals surface area contributed by atoms with Crippen molar-refractivity contribution in [2.75, 3.05) is 10.2 Å². The molecule has 0 bridgehead atoms.